The molecule has 4 N–H and O–H groups in total. The van der Waals surface area contributed by atoms with Crippen LogP contribution in [-0.4, -0.2) is 199 Å². The van der Waals surface area contributed by atoms with Crippen molar-refractivity contribution >= 4 is 23.9 Å². The molecule has 4 atom stereocenters. The van der Waals surface area contributed by atoms with Gasteiger partial charge in [0, 0.05) is 105 Å². The Bertz CT molecular complexity index is 896. The molecule has 0 amide bonds. The molecule has 280 valence electrons. The molecule has 0 aliphatic carbocycles. The summed E-state index contributed by atoms with van der Waals surface area (Å²) >= 11 is 0. The first-order valence-electron chi connectivity index (χ1n) is 18.1. The summed E-state index contributed by atoms with van der Waals surface area (Å²) in [4.78, 5) is 61.8. The number of rotatable bonds is 16. The fourth-order valence-corrected chi connectivity index (χ4v) is 6.50. The minimum Gasteiger partial charge on any atom is -0.464 e. The Labute approximate surface area is 291 Å². The van der Waals surface area contributed by atoms with Gasteiger partial charge in [-0.25, -0.2) is 0 Å². The van der Waals surface area contributed by atoms with Gasteiger partial charge in [-0.3, -0.25) is 38.8 Å². The number of hydrogen-bond donors (Lipinski definition) is 4. The quantitative estimate of drug-likeness (QED) is 0.0974. The van der Waals surface area contributed by atoms with Crippen molar-refractivity contribution in [3.05, 3.63) is 0 Å². The van der Waals surface area contributed by atoms with Gasteiger partial charge in [-0.2, -0.15) is 0 Å². The average molecular weight is 697 g/mol. The molecule has 4 aliphatic heterocycles. The van der Waals surface area contributed by atoms with Gasteiger partial charge >= 0.3 is 23.9 Å². The molecule has 4 fully saturated rings. The van der Waals surface area contributed by atoms with E-state index in [0.29, 0.717) is 52.4 Å². The molecular weight excluding hydrogens is 636 g/mol. The van der Waals surface area contributed by atoms with Crippen molar-refractivity contribution < 1.29 is 38.1 Å². The van der Waals surface area contributed by atoms with Gasteiger partial charge in [0.15, 0.2) is 0 Å². The van der Waals surface area contributed by atoms with E-state index >= 15 is 0 Å². The molecule has 0 aromatic heterocycles. The van der Waals surface area contributed by atoms with E-state index in [9.17, 15) is 19.2 Å². The van der Waals surface area contributed by atoms with Crippen molar-refractivity contribution in [3.8, 4) is 0 Å². The maximum absolute atomic E-state index is 13.4. The van der Waals surface area contributed by atoms with E-state index in [2.05, 4.69) is 21.3 Å². The van der Waals surface area contributed by atoms with E-state index in [1.807, 2.05) is 19.6 Å². The molecule has 0 bridgehead atoms. The van der Waals surface area contributed by atoms with Crippen molar-refractivity contribution in [2.24, 2.45) is 5.41 Å². The van der Waals surface area contributed by atoms with Crippen LogP contribution in [0.2, 0.25) is 0 Å². The summed E-state index contributed by atoms with van der Waals surface area (Å²) in [6.07, 6.45) is 0. The fourth-order valence-electron chi connectivity index (χ4n) is 6.50. The molecule has 4 heterocycles. The maximum atomic E-state index is 13.4. The second kappa shape index (κ2) is 19.8. The number of nitrogens with one attached hydrogen (secondary N) is 4. The Kier molecular flexibility index (Phi) is 15.9. The van der Waals surface area contributed by atoms with Crippen molar-refractivity contribution in [1.29, 1.82) is 0 Å². The molecule has 0 aromatic rings. The first kappa shape index (κ1) is 39.3. The van der Waals surface area contributed by atoms with Gasteiger partial charge in [-0.15, -0.1) is 0 Å². The Morgan fingerprint density at radius 1 is 0.429 bits per heavy atom. The van der Waals surface area contributed by atoms with E-state index in [0.717, 1.165) is 52.4 Å². The minimum absolute atomic E-state index is 0.276. The highest BCUT2D eigenvalue weighted by atomic mass is 16.6. The van der Waals surface area contributed by atoms with Crippen LogP contribution >= 0.6 is 0 Å². The van der Waals surface area contributed by atoms with Gasteiger partial charge in [0.2, 0.25) is 0 Å². The predicted molar refractivity (Wildman–Crippen MR) is 182 cm³/mol. The van der Waals surface area contributed by atoms with Crippen LogP contribution in [0.5, 0.6) is 0 Å². The first-order valence-corrected chi connectivity index (χ1v) is 18.1. The summed E-state index contributed by atoms with van der Waals surface area (Å²) in [5.74, 6) is -1.80. The number of esters is 4. The Hall–Kier alpha value is -2.44. The fraction of sp³-hybridized carbons (Fsp3) is 0.879. The summed E-state index contributed by atoms with van der Waals surface area (Å²) in [5.41, 5.74) is -1.34. The second-order valence-electron chi connectivity index (χ2n) is 13.8. The largest absolute Gasteiger partial charge is 0.464 e. The summed E-state index contributed by atoms with van der Waals surface area (Å²) in [5, 5.41) is 13.1. The Balaban J connectivity index is 1.52. The molecular formula is C33H60N8O8. The third-order valence-electron chi connectivity index (χ3n) is 10.2. The lowest BCUT2D eigenvalue weighted by Crippen LogP contribution is -2.53. The number of hydrogen-bond acceptors (Lipinski definition) is 16. The van der Waals surface area contributed by atoms with Crippen molar-refractivity contribution in [2.75, 3.05) is 131 Å². The molecule has 16 nitrogen and oxygen atoms in total. The number of piperazine rings is 4. The van der Waals surface area contributed by atoms with Gasteiger partial charge in [0.05, 0.1) is 0 Å². The topological polar surface area (TPSA) is 166 Å². The SMILES string of the molecule is CC(C(=O)OCC(COC(=O)C(C)N1CCNCC1)(COC(=O)C(C)N1CCNCC1)COC(=O)C(C)N1CCNCC1)N1CCNCC1. The van der Waals surface area contributed by atoms with Gasteiger partial charge in [-0.05, 0) is 27.7 Å². The van der Waals surface area contributed by atoms with Crippen LogP contribution in [-0.2, 0) is 38.1 Å². The highest BCUT2D eigenvalue weighted by molar-refractivity contribution is 5.77. The lowest BCUT2D eigenvalue weighted by molar-refractivity contribution is -0.177. The van der Waals surface area contributed by atoms with E-state index in [1.165, 1.54) is 0 Å². The van der Waals surface area contributed by atoms with E-state index in [4.69, 9.17) is 18.9 Å². The molecule has 16 heteroatoms. The molecule has 49 heavy (non-hydrogen) atoms. The third-order valence-corrected chi connectivity index (χ3v) is 10.2. The lowest BCUT2D eigenvalue weighted by atomic mass is 9.92. The van der Waals surface area contributed by atoms with Crippen molar-refractivity contribution in [2.45, 2.75) is 51.9 Å². The number of ether oxygens (including phenoxy) is 4. The zero-order valence-electron chi connectivity index (χ0n) is 30.0. The minimum atomic E-state index is -1.34. The van der Waals surface area contributed by atoms with Crippen LogP contribution in [0.3, 0.4) is 0 Å². The summed E-state index contributed by atoms with van der Waals surface area (Å²) in [7, 11) is 0. The van der Waals surface area contributed by atoms with Crippen LogP contribution in [0.25, 0.3) is 0 Å². The number of carbonyl (C=O) groups is 4. The molecule has 0 saturated carbocycles. The number of nitrogens with zero attached hydrogens (tertiary/aromatic N) is 4. The van der Waals surface area contributed by atoms with Gasteiger partial charge < -0.3 is 40.2 Å². The standard InChI is InChI=1S/C33H60N8O8/c1-25(38-13-5-34-6-14-38)29(42)46-21-33(22-47-30(43)26(2)39-15-7-35-8-16-39,23-48-31(44)27(3)40-17-9-36-10-18-40)24-49-32(45)28(4)41-19-11-37-12-20-41/h25-28,34-37H,5-24H2,1-4H3. The molecule has 0 aromatic carbocycles. The Morgan fingerprint density at radius 3 is 0.796 bits per heavy atom. The van der Waals surface area contributed by atoms with E-state index in [-0.39, 0.29) is 26.4 Å². The summed E-state index contributed by atoms with van der Waals surface area (Å²) < 4.78 is 23.7. The lowest BCUT2D eigenvalue weighted by Gasteiger charge is -2.37. The zero-order valence-corrected chi connectivity index (χ0v) is 30.0. The molecule has 4 saturated heterocycles. The van der Waals surface area contributed by atoms with Gasteiger partial charge in [-0.1, -0.05) is 0 Å². The first-order chi connectivity index (χ1) is 23.6. The third kappa shape index (κ3) is 11.8. The summed E-state index contributed by atoms with van der Waals surface area (Å²) in [6.45, 7) is 17.9. The van der Waals surface area contributed by atoms with E-state index in [1.54, 1.807) is 27.7 Å². The molecule has 4 rings (SSSR count). The van der Waals surface area contributed by atoms with Crippen LogP contribution < -0.4 is 21.3 Å². The average Bonchev–Trinajstić information content (AvgIpc) is 3.16. The van der Waals surface area contributed by atoms with Crippen LogP contribution in [0.1, 0.15) is 27.7 Å². The highest BCUT2D eigenvalue weighted by Gasteiger charge is 2.41. The zero-order chi connectivity index (χ0) is 35.2. The van der Waals surface area contributed by atoms with Gasteiger partial charge in [0.1, 0.15) is 56.0 Å². The van der Waals surface area contributed by atoms with E-state index < -0.39 is 53.5 Å². The van der Waals surface area contributed by atoms with Crippen LogP contribution in [0.4, 0.5) is 0 Å². The Morgan fingerprint density at radius 2 is 0.612 bits per heavy atom. The smallest absolute Gasteiger partial charge is 0.323 e. The van der Waals surface area contributed by atoms with Crippen LogP contribution in [0, 0.1) is 5.41 Å². The molecule has 0 radical (unpaired) electrons. The molecule has 0 spiro atoms. The molecule has 4 aliphatic rings. The summed E-state index contributed by atoms with van der Waals surface area (Å²) in [6, 6.07) is -2.05. The predicted octanol–water partition coefficient (Wildman–Crippen LogP) is -2.68. The second-order valence-corrected chi connectivity index (χ2v) is 13.8. The van der Waals surface area contributed by atoms with Crippen molar-refractivity contribution in [3.63, 3.8) is 0 Å². The van der Waals surface area contributed by atoms with Crippen molar-refractivity contribution in [1.82, 2.24) is 40.9 Å². The normalized spacial score (nSPS) is 24.1. The molecule has 4 unspecified atom stereocenters. The van der Waals surface area contributed by atoms with Crippen LogP contribution in [0.15, 0.2) is 0 Å². The number of carbonyl (C=O) groups excluding carboxylic acids is 4. The highest BCUT2D eigenvalue weighted by Crippen LogP contribution is 2.24. The monoisotopic (exact) mass is 696 g/mol. The van der Waals surface area contributed by atoms with Gasteiger partial charge in [0.25, 0.3) is 0 Å². The maximum Gasteiger partial charge on any atom is 0.323 e.